The monoisotopic (exact) mass is 348 g/mol. The summed E-state index contributed by atoms with van der Waals surface area (Å²) in [5, 5.41) is 12.0. The van der Waals surface area contributed by atoms with Gasteiger partial charge in [-0.1, -0.05) is 23.7 Å². The largest absolute Gasteiger partial charge is 0.344 e. The lowest BCUT2D eigenvalue weighted by atomic mass is 10.4. The number of aromatic nitrogens is 2. The second kappa shape index (κ2) is 6.77. The number of aryl methyl sites for hydroxylation is 2. The number of sulfone groups is 1. The average molecular weight is 349 g/mol. The molecule has 0 aliphatic carbocycles. The Morgan fingerprint density at radius 2 is 2.00 bits per heavy atom. The van der Waals surface area contributed by atoms with Crippen LogP contribution in [0.15, 0.2) is 46.3 Å². The fourth-order valence-corrected chi connectivity index (χ4v) is 3.48. The highest BCUT2D eigenvalue weighted by atomic mass is 35.5. The lowest BCUT2D eigenvalue weighted by molar-refractivity contribution is 0.603. The zero-order valence-electron chi connectivity index (χ0n) is 12.4. The zero-order valence-corrected chi connectivity index (χ0v) is 14.0. The quantitative estimate of drug-likeness (QED) is 0.853. The van der Waals surface area contributed by atoms with Crippen LogP contribution in [0.3, 0.4) is 0 Å². The first-order chi connectivity index (χ1) is 10.8. The van der Waals surface area contributed by atoms with Crippen molar-refractivity contribution in [3.63, 3.8) is 0 Å². The van der Waals surface area contributed by atoms with Crippen molar-refractivity contribution in [1.82, 2.24) is 9.97 Å². The Hall–Kier alpha value is -2.43. The summed E-state index contributed by atoms with van der Waals surface area (Å²) >= 11 is 5.91. The molecular weight excluding hydrogens is 336 g/mol. The maximum Gasteiger partial charge on any atom is 0.219 e. The molecule has 2 rings (SSSR count). The number of nitrogens with one attached hydrogen (secondary N) is 1. The van der Waals surface area contributed by atoms with E-state index in [2.05, 4.69) is 15.3 Å². The van der Waals surface area contributed by atoms with Gasteiger partial charge in [0, 0.05) is 18.0 Å². The first-order valence-electron chi connectivity index (χ1n) is 6.53. The van der Waals surface area contributed by atoms with E-state index in [9.17, 15) is 13.7 Å². The molecule has 8 heteroatoms. The van der Waals surface area contributed by atoms with Gasteiger partial charge in [0.05, 0.1) is 9.92 Å². The Labute approximate surface area is 139 Å². The van der Waals surface area contributed by atoms with Gasteiger partial charge in [-0.3, -0.25) is 0 Å². The van der Waals surface area contributed by atoms with E-state index >= 15 is 0 Å². The molecule has 0 unspecified atom stereocenters. The molecule has 0 spiro atoms. The van der Waals surface area contributed by atoms with Crippen molar-refractivity contribution < 1.29 is 8.42 Å². The highest BCUT2D eigenvalue weighted by Crippen LogP contribution is 2.26. The molecule has 6 nitrogen and oxygen atoms in total. The average Bonchev–Trinajstić information content (AvgIpc) is 2.47. The Bertz CT molecular complexity index is 897. The molecule has 2 aromatic rings. The Kier molecular flexibility index (Phi) is 4.98. The summed E-state index contributed by atoms with van der Waals surface area (Å²) < 4.78 is 25.0. The maximum atomic E-state index is 12.5. The van der Waals surface area contributed by atoms with E-state index in [0.29, 0.717) is 11.6 Å². The predicted molar refractivity (Wildman–Crippen MR) is 87.5 cm³/mol. The lowest BCUT2D eigenvalue weighted by Crippen LogP contribution is -2.07. The molecule has 0 amide bonds. The van der Waals surface area contributed by atoms with Crippen LogP contribution in [0, 0.1) is 25.2 Å². The minimum absolute atomic E-state index is 0.0578. The third-order valence-corrected chi connectivity index (χ3v) is 5.01. The molecule has 1 heterocycles. The Balaban J connectivity index is 2.39. The molecule has 0 fully saturated rings. The number of allylic oxidation sites excluding steroid dienone is 1. The molecular formula is C15H13ClN4O2S. The summed E-state index contributed by atoms with van der Waals surface area (Å²) in [6.07, 6.45) is 1.10. The van der Waals surface area contributed by atoms with Gasteiger partial charge in [0.1, 0.15) is 17.7 Å². The van der Waals surface area contributed by atoms with Crippen molar-refractivity contribution in [1.29, 1.82) is 5.26 Å². The summed E-state index contributed by atoms with van der Waals surface area (Å²) in [6.45, 7) is 3.50. The van der Waals surface area contributed by atoms with Crippen LogP contribution < -0.4 is 5.32 Å². The summed E-state index contributed by atoms with van der Waals surface area (Å²) in [7, 11) is -4.01. The number of nitrogens with zero attached hydrogens (tertiary/aromatic N) is 3. The number of benzene rings is 1. The lowest BCUT2D eigenvalue weighted by Gasteiger charge is -2.06. The van der Waals surface area contributed by atoms with Crippen LogP contribution in [-0.2, 0) is 9.84 Å². The van der Waals surface area contributed by atoms with Crippen molar-refractivity contribution in [2.75, 3.05) is 5.32 Å². The SMILES string of the molecule is Cc1cc(N/C=C(\C#N)S(=O)(=O)c2ccccc2Cl)nc(C)n1. The number of hydrogen-bond acceptors (Lipinski definition) is 6. The van der Waals surface area contributed by atoms with Gasteiger partial charge >= 0.3 is 0 Å². The summed E-state index contributed by atoms with van der Waals surface area (Å²) in [4.78, 5) is 7.65. The van der Waals surface area contributed by atoms with E-state index in [1.54, 1.807) is 38.1 Å². The van der Waals surface area contributed by atoms with Crippen LogP contribution in [0.4, 0.5) is 5.82 Å². The van der Waals surface area contributed by atoms with Crippen molar-refractivity contribution in [3.05, 3.63) is 58.0 Å². The fraction of sp³-hybridized carbons (Fsp3) is 0.133. The zero-order chi connectivity index (χ0) is 17.0. The van der Waals surface area contributed by atoms with Crippen molar-refractivity contribution in [2.24, 2.45) is 0 Å². The Morgan fingerprint density at radius 1 is 1.30 bits per heavy atom. The van der Waals surface area contributed by atoms with Gasteiger partial charge in [0.25, 0.3) is 0 Å². The van der Waals surface area contributed by atoms with Gasteiger partial charge in [-0.25, -0.2) is 18.4 Å². The van der Waals surface area contributed by atoms with Gasteiger partial charge in [-0.05, 0) is 26.0 Å². The molecule has 23 heavy (non-hydrogen) atoms. The van der Waals surface area contributed by atoms with Crippen molar-refractivity contribution >= 4 is 27.3 Å². The third kappa shape index (κ3) is 3.86. The molecule has 1 aromatic carbocycles. The molecule has 1 aromatic heterocycles. The topological polar surface area (TPSA) is 95.7 Å². The van der Waals surface area contributed by atoms with Gasteiger partial charge in [-0.2, -0.15) is 5.26 Å². The van der Waals surface area contributed by atoms with E-state index in [-0.39, 0.29) is 9.92 Å². The number of nitriles is 1. The standard InChI is InChI=1S/C15H13ClN4O2S/c1-10-7-15(20-11(2)19-10)18-9-12(8-17)23(21,22)14-6-4-3-5-13(14)16/h3-7,9H,1-2H3,(H,18,19,20)/b12-9+. The van der Waals surface area contributed by atoms with E-state index in [4.69, 9.17) is 11.6 Å². The molecule has 1 N–H and O–H groups in total. The fourth-order valence-electron chi connectivity index (χ4n) is 1.88. The minimum atomic E-state index is -4.01. The molecule has 0 radical (unpaired) electrons. The minimum Gasteiger partial charge on any atom is -0.344 e. The molecule has 0 aliphatic rings. The third-order valence-electron chi connectivity index (χ3n) is 2.84. The highest BCUT2D eigenvalue weighted by molar-refractivity contribution is 7.95. The molecule has 0 bridgehead atoms. The van der Waals surface area contributed by atoms with Gasteiger partial charge < -0.3 is 5.32 Å². The van der Waals surface area contributed by atoms with E-state index < -0.39 is 14.7 Å². The summed E-state index contributed by atoms with van der Waals surface area (Å²) in [5.41, 5.74) is 0.723. The second-order valence-corrected chi connectivity index (χ2v) is 6.93. The van der Waals surface area contributed by atoms with E-state index in [0.717, 1.165) is 11.9 Å². The van der Waals surface area contributed by atoms with Crippen LogP contribution >= 0.6 is 11.6 Å². The van der Waals surface area contributed by atoms with Gasteiger partial charge in [-0.15, -0.1) is 0 Å². The maximum absolute atomic E-state index is 12.5. The van der Waals surface area contributed by atoms with Crippen LogP contribution in [0.25, 0.3) is 0 Å². The van der Waals surface area contributed by atoms with E-state index in [1.165, 1.54) is 12.1 Å². The van der Waals surface area contributed by atoms with Crippen LogP contribution in [-0.4, -0.2) is 18.4 Å². The first kappa shape index (κ1) is 16.9. The first-order valence-corrected chi connectivity index (χ1v) is 8.39. The number of halogens is 1. The van der Waals surface area contributed by atoms with Crippen LogP contribution in [0.1, 0.15) is 11.5 Å². The normalized spacial score (nSPS) is 11.8. The van der Waals surface area contributed by atoms with E-state index in [1.807, 2.05) is 0 Å². The molecule has 0 atom stereocenters. The second-order valence-electron chi connectivity index (χ2n) is 4.64. The molecule has 0 saturated heterocycles. The molecule has 118 valence electrons. The van der Waals surface area contributed by atoms with Gasteiger partial charge in [0.15, 0.2) is 4.91 Å². The molecule has 0 aliphatic heterocycles. The highest BCUT2D eigenvalue weighted by Gasteiger charge is 2.23. The van der Waals surface area contributed by atoms with Crippen molar-refractivity contribution in [3.8, 4) is 6.07 Å². The van der Waals surface area contributed by atoms with Crippen LogP contribution in [0.2, 0.25) is 5.02 Å². The number of anilines is 1. The number of rotatable bonds is 4. The summed E-state index contributed by atoms with van der Waals surface area (Å²) in [6, 6.07) is 9.27. The van der Waals surface area contributed by atoms with Crippen LogP contribution in [0.5, 0.6) is 0 Å². The predicted octanol–water partition coefficient (Wildman–Crippen LogP) is 3.00. The summed E-state index contributed by atoms with van der Waals surface area (Å²) in [5.74, 6) is 0.936. The van der Waals surface area contributed by atoms with Gasteiger partial charge in [0.2, 0.25) is 9.84 Å². The smallest absolute Gasteiger partial charge is 0.219 e. The number of hydrogen-bond donors (Lipinski definition) is 1. The molecule has 0 saturated carbocycles. The van der Waals surface area contributed by atoms with Crippen molar-refractivity contribution in [2.45, 2.75) is 18.7 Å². The Morgan fingerprint density at radius 3 is 2.61 bits per heavy atom.